The van der Waals surface area contributed by atoms with E-state index in [1.807, 2.05) is 0 Å². The van der Waals surface area contributed by atoms with Gasteiger partial charge in [0.15, 0.2) is 0 Å². The maximum Gasteiger partial charge on any atom is 0.227 e. The molecule has 0 bridgehead atoms. The average molecular weight is 135 g/mol. The maximum absolute atomic E-state index is 10.3. The molecule has 0 aliphatic heterocycles. The van der Waals surface area contributed by atoms with Crippen molar-refractivity contribution in [2.24, 2.45) is 5.92 Å². The van der Waals surface area contributed by atoms with Gasteiger partial charge in [-0.2, -0.15) is 0 Å². The molecule has 0 spiro atoms. The van der Waals surface area contributed by atoms with Crippen molar-refractivity contribution in [1.82, 2.24) is 0 Å². The van der Waals surface area contributed by atoms with Crippen molar-refractivity contribution < 1.29 is 9.53 Å². The molecule has 0 radical (unpaired) electrons. The Morgan fingerprint density at radius 2 is 2.50 bits per heavy atom. The lowest BCUT2D eigenvalue weighted by Crippen LogP contribution is -1.96. The highest BCUT2D eigenvalue weighted by atomic mass is 35.5. The third-order valence-electron chi connectivity index (χ3n) is 1.33. The number of ether oxygens (including phenoxy) is 1. The van der Waals surface area contributed by atoms with E-state index in [1.54, 1.807) is 7.11 Å². The van der Waals surface area contributed by atoms with Crippen LogP contribution in [0.4, 0.5) is 0 Å². The second-order valence-corrected chi connectivity index (χ2v) is 2.29. The minimum atomic E-state index is -0.267. The van der Waals surface area contributed by atoms with Crippen LogP contribution < -0.4 is 0 Å². The molecule has 0 N–H and O–H groups in total. The number of hydrogen-bond donors (Lipinski definition) is 0. The van der Waals surface area contributed by atoms with E-state index in [4.69, 9.17) is 16.3 Å². The lowest BCUT2D eigenvalue weighted by molar-refractivity contribution is -0.113. The Kier molecular flexibility index (Phi) is 1.54. The van der Waals surface area contributed by atoms with Gasteiger partial charge in [0.05, 0.1) is 12.0 Å². The molecule has 8 heavy (non-hydrogen) atoms. The van der Waals surface area contributed by atoms with Gasteiger partial charge in [0.25, 0.3) is 0 Å². The van der Waals surface area contributed by atoms with Crippen LogP contribution in [0.2, 0.25) is 0 Å². The van der Waals surface area contributed by atoms with E-state index in [0.717, 1.165) is 6.42 Å². The molecule has 3 heteroatoms. The molecular weight excluding hydrogens is 128 g/mol. The molecule has 0 aromatic carbocycles. The van der Waals surface area contributed by atoms with E-state index in [1.165, 1.54) is 0 Å². The summed E-state index contributed by atoms with van der Waals surface area (Å²) < 4.78 is 4.83. The Morgan fingerprint density at radius 1 is 1.88 bits per heavy atom. The van der Waals surface area contributed by atoms with Crippen molar-refractivity contribution in [2.75, 3.05) is 7.11 Å². The van der Waals surface area contributed by atoms with Crippen LogP contribution in [0.15, 0.2) is 0 Å². The standard InChI is InChI=1S/C5H7ClO2/c1-8-4-2-3(4)5(6)7/h3-4H,2H2,1H3. The van der Waals surface area contributed by atoms with Gasteiger partial charge < -0.3 is 4.74 Å². The van der Waals surface area contributed by atoms with Gasteiger partial charge in [0.1, 0.15) is 0 Å². The molecule has 2 nitrogen and oxygen atoms in total. The molecule has 1 rings (SSSR count). The van der Waals surface area contributed by atoms with Gasteiger partial charge >= 0.3 is 0 Å². The van der Waals surface area contributed by atoms with Crippen molar-refractivity contribution >= 4 is 16.8 Å². The summed E-state index contributed by atoms with van der Waals surface area (Å²) in [6.07, 6.45) is 0.916. The summed E-state index contributed by atoms with van der Waals surface area (Å²) in [6.45, 7) is 0. The lowest BCUT2D eigenvalue weighted by Gasteiger charge is -1.87. The highest BCUT2D eigenvalue weighted by molar-refractivity contribution is 6.64. The summed E-state index contributed by atoms with van der Waals surface area (Å²) in [7, 11) is 1.59. The lowest BCUT2D eigenvalue weighted by atomic mass is 10.5. The first-order chi connectivity index (χ1) is 3.75. The molecule has 1 fully saturated rings. The van der Waals surface area contributed by atoms with Crippen LogP contribution in [0.1, 0.15) is 6.42 Å². The molecule has 1 saturated carbocycles. The maximum atomic E-state index is 10.3. The fourth-order valence-corrected chi connectivity index (χ4v) is 0.901. The van der Waals surface area contributed by atoms with Crippen molar-refractivity contribution in [2.45, 2.75) is 12.5 Å². The zero-order chi connectivity index (χ0) is 6.15. The molecule has 1 aliphatic rings. The number of carbonyl (C=O) groups excluding carboxylic acids is 1. The zero-order valence-corrected chi connectivity index (χ0v) is 5.31. The first-order valence-electron chi connectivity index (χ1n) is 2.48. The Balaban J connectivity index is 2.26. The fourth-order valence-electron chi connectivity index (χ4n) is 0.671. The van der Waals surface area contributed by atoms with Crippen molar-refractivity contribution in [3.05, 3.63) is 0 Å². The Labute approximate surface area is 52.8 Å². The van der Waals surface area contributed by atoms with Gasteiger partial charge in [0.2, 0.25) is 5.24 Å². The van der Waals surface area contributed by atoms with Gasteiger partial charge in [-0.25, -0.2) is 0 Å². The Hall–Kier alpha value is -0.0800. The summed E-state index contributed by atoms with van der Waals surface area (Å²) >= 11 is 5.13. The van der Waals surface area contributed by atoms with Crippen LogP contribution in [0.5, 0.6) is 0 Å². The fraction of sp³-hybridized carbons (Fsp3) is 0.800. The van der Waals surface area contributed by atoms with Crippen LogP contribution in [-0.2, 0) is 9.53 Å². The number of hydrogen-bond acceptors (Lipinski definition) is 2. The first kappa shape index (κ1) is 6.05. The number of halogens is 1. The van der Waals surface area contributed by atoms with E-state index in [2.05, 4.69) is 0 Å². The van der Waals surface area contributed by atoms with Crippen LogP contribution in [0.3, 0.4) is 0 Å². The molecule has 0 aromatic heterocycles. The van der Waals surface area contributed by atoms with E-state index in [0.29, 0.717) is 0 Å². The Morgan fingerprint density at radius 3 is 2.62 bits per heavy atom. The van der Waals surface area contributed by atoms with Crippen molar-refractivity contribution in [3.8, 4) is 0 Å². The van der Waals surface area contributed by atoms with Crippen LogP contribution >= 0.6 is 11.6 Å². The molecular formula is C5H7ClO2. The van der Waals surface area contributed by atoms with Gasteiger partial charge in [-0.05, 0) is 18.0 Å². The summed E-state index contributed by atoms with van der Waals surface area (Å²) in [4.78, 5) is 10.3. The average Bonchev–Trinajstić information content (AvgIpc) is 2.42. The first-order valence-corrected chi connectivity index (χ1v) is 2.85. The molecule has 0 heterocycles. The quantitative estimate of drug-likeness (QED) is 0.522. The normalized spacial score (nSPS) is 34.8. The summed E-state index contributed by atoms with van der Waals surface area (Å²) in [5, 5.41) is -0.267. The van der Waals surface area contributed by atoms with E-state index < -0.39 is 0 Å². The molecule has 2 atom stereocenters. The highest BCUT2D eigenvalue weighted by Crippen LogP contribution is 2.34. The second-order valence-electron chi connectivity index (χ2n) is 1.92. The molecule has 1 aliphatic carbocycles. The van der Waals surface area contributed by atoms with Gasteiger partial charge in [-0.3, -0.25) is 4.79 Å². The van der Waals surface area contributed by atoms with Crippen LogP contribution in [0, 0.1) is 5.92 Å². The largest absolute Gasteiger partial charge is 0.381 e. The molecule has 0 amide bonds. The van der Waals surface area contributed by atoms with Gasteiger partial charge in [-0.15, -0.1) is 0 Å². The molecule has 0 saturated heterocycles. The Bertz CT molecular complexity index is 113. The predicted molar refractivity (Wildman–Crippen MR) is 29.8 cm³/mol. The van der Waals surface area contributed by atoms with E-state index in [9.17, 15) is 4.79 Å². The smallest absolute Gasteiger partial charge is 0.227 e. The highest BCUT2D eigenvalue weighted by Gasteiger charge is 2.42. The molecule has 2 unspecified atom stereocenters. The second kappa shape index (κ2) is 2.03. The third-order valence-corrected chi connectivity index (χ3v) is 1.61. The zero-order valence-electron chi connectivity index (χ0n) is 4.56. The predicted octanol–water partition coefficient (Wildman–Crippen LogP) is 0.787. The summed E-state index contributed by atoms with van der Waals surface area (Å²) in [5.41, 5.74) is 0. The summed E-state index contributed by atoms with van der Waals surface area (Å²) in [5.74, 6) is -0.0123. The van der Waals surface area contributed by atoms with Crippen LogP contribution in [0.25, 0.3) is 0 Å². The number of carbonyl (C=O) groups is 1. The minimum Gasteiger partial charge on any atom is -0.381 e. The minimum absolute atomic E-state index is 0.0123. The number of rotatable bonds is 2. The van der Waals surface area contributed by atoms with E-state index in [-0.39, 0.29) is 17.3 Å². The van der Waals surface area contributed by atoms with Gasteiger partial charge in [-0.1, -0.05) is 0 Å². The van der Waals surface area contributed by atoms with Gasteiger partial charge in [0, 0.05) is 7.11 Å². The summed E-state index contributed by atoms with van der Waals surface area (Å²) in [6, 6.07) is 0. The van der Waals surface area contributed by atoms with Crippen LogP contribution in [-0.4, -0.2) is 18.5 Å². The van der Waals surface area contributed by atoms with E-state index >= 15 is 0 Å². The SMILES string of the molecule is COC1CC1C(=O)Cl. The topological polar surface area (TPSA) is 26.3 Å². The monoisotopic (exact) mass is 134 g/mol. The number of methoxy groups -OCH3 is 1. The van der Waals surface area contributed by atoms with Crippen molar-refractivity contribution in [3.63, 3.8) is 0 Å². The molecule has 46 valence electrons. The molecule has 0 aromatic rings. The third kappa shape index (κ3) is 1.01. The van der Waals surface area contributed by atoms with Crippen molar-refractivity contribution in [1.29, 1.82) is 0 Å².